The molecule has 1 aliphatic heterocycles. The summed E-state index contributed by atoms with van der Waals surface area (Å²) < 4.78 is 0. The van der Waals surface area contributed by atoms with Gasteiger partial charge in [0.2, 0.25) is 0 Å². The van der Waals surface area contributed by atoms with E-state index in [2.05, 4.69) is 4.90 Å². The monoisotopic (exact) mass is 345 g/mol. The van der Waals surface area contributed by atoms with E-state index >= 15 is 0 Å². The van der Waals surface area contributed by atoms with E-state index in [1.54, 1.807) is 12.1 Å². The third kappa shape index (κ3) is 3.65. The molecule has 1 aliphatic rings. The molecule has 2 aromatic rings. The van der Waals surface area contributed by atoms with Gasteiger partial charge in [-0.25, -0.2) is 0 Å². The zero-order chi connectivity index (χ0) is 17.2. The van der Waals surface area contributed by atoms with Gasteiger partial charge in [-0.1, -0.05) is 54.1 Å². The summed E-state index contributed by atoms with van der Waals surface area (Å²) in [6.45, 7) is 3.56. The summed E-state index contributed by atoms with van der Waals surface area (Å²) in [7, 11) is 0. The van der Waals surface area contributed by atoms with Gasteiger partial charge in [-0.3, -0.25) is 4.90 Å². The van der Waals surface area contributed by atoms with E-state index in [1.165, 1.54) is 0 Å². The quantitative estimate of drug-likeness (QED) is 0.887. The highest BCUT2D eigenvalue weighted by Gasteiger charge is 2.36. The number of benzene rings is 2. The molecule has 0 spiro atoms. The smallest absolute Gasteiger partial charge is 0.0942 e. The number of rotatable bonds is 4. The third-order valence-corrected chi connectivity index (χ3v) is 5.43. The molecule has 3 nitrogen and oxygen atoms in total. The molecule has 0 radical (unpaired) electrons. The minimum absolute atomic E-state index is 0.00787. The molecule has 4 heteroatoms. The second-order valence-corrected chi connectivity index (χ2v) is 7.11. The predicted octanol–water partition coefficient (Wildman–Crippen LogP) is 3.75. The van der Waals surface area contributed by atoms with Crippen LogP contribution in [0.25, 0.3) is 0 Å². The van der Waals surface area contributed by atoms with Gasteiger partial charge in [0.05, 0.1) is 11.7 Å². The van der Waals surface area contributed by atoms with Crippen molar-refractivity contribution in [3.05, 3.63) is 70.7 Å². The molecule has 0 bridgehead atoms. The lowest BCUT2D eigenvalue weighted by Gasteiger charge is -2.42. The number of hydrogen-bond acceptors (Lipinski definition) is 3. The first-order chi connectivity index (χ1) is 11.5. The van der Waals surface area contributed by atoms with Crippen molar-refractivity contribution in [2.75, 3.05) is 13.1 Å². The standard InChI is InChI=1S/C20H24ClNO2/c1-15(19(23)16-7-9-18(21)10-8-16)22-13-11-20(24,12-14-22)17-5-3-2-4-6-17/h2-10,15,19,23-24H,11-14H2,1H3/t15-,19+/m0/s1. The molecule has 128 valence electrons. The SMILES string of the molecule is C[C@@H]([C@@H](O)c1ccc(Cl)cc1)N1CCC(O)(c2ccccc2)CC1. The van der Waals surface area contributed by atoms with E-state index in [-0.39, 0.29) is 6.04 Å². The Morgan fingerprint density at radius 2 is 1.58 bits per heavy atom. The average Bonchev–Trinajstić information content (AvgIpc) is 2.62. The Kier molecular flexibility index (Phi) is 5.26. The second kappa shape index (κ2) is 7.24. The highest BCUT2D eigenvalue weighted by Crippen LogP contribution is 2.34. The lowest BCUT2D eigenvalue weighted by molar-refractivity contribution is -0.0501. The van der Waals surface area contributed by atoms with Gasteiger partial charge in [0.15, 0.2) is 0 Å². The Balaban J connectivity index is 1.64. The maximum Gasteiger partial charge on any atom is 0.0942 e. The van der Waals surface area contributed by atoms with Gasteiger partial charge in [-0.2, -0.15) is 0 Å². The molecular weight excluding hydrogens is 322 g/mol. The summed E-state index contributed by atoms with van der Waals surface area (Å²) in [4.78, 5) is 2.25. The van der Waals surface area contributed by atoms with Crippen LogP contribution < -0.4 is 0 Å². The van der Waals surface area contributed by atoms with E-state index in [0.29, 0.717) is 17.9 Å². The molecule has 0 unspecified atom stereocenters. The molecule has 2 N–H and O–H groups in total. The fourth-order valence-electron chi connectivity index (χ4n) is 3.48. The van der Waals surface area contributed by atoms with Crippen LogP contribution in [-0.2, 0) is 5.60 Å². The van der Waals surface area contributed by atoms with Crippen LogP contribution in [0.5, 0.6) is 0 Å². The summed E-state index contributed by atoms with van der Waals surface area (Å²) in [5.41, 5.74) is 1.09. The minimum atomic E-state index is -0.761. The Bertz CT molecular complexity index is 651. The number of piperidine rings is 1. The normalized spacial score (nSPS) is 20.5. The second-order valence-electron chi connectivity index (χ2n) is 6.67. The molecule has 0 amide bonds. The highest BCUT2D eigenvalue weighted by molar-refractivity contribution is 6.30. The van der Waals surface area contributed by atoms with Gasteiger partial charge in [-0.15, -0.1) is 0 Å². The largest absolute Gasteiger partial charge is 0.387 e. The lowest BCUT2D eigenvalue weighted by Crippen LogP contribution is -2.47. The number of hydrogen-bond donors (Lipinski definition) is 2. The summed E-state index contributed by atoms with van der Waals surface area (Å²) >= 11 is 5.91. The average molecular weight is 346 g/mol. The molecule has 1 saturated heterocycles. The summed E-state index contributed by atoms with van der Waals surface area (Å²) in [5, 5.41) is 22.2. The summed E-state index contributed by atoms with van der Waals surface area (Å²) in [6.07, 6.45) is 0.786. The van der Waals surface area contributed by atoms with Gasteiger partial charge in [-0.05, 0) is 43.0 Å². The van der Waals surface area contributed by atoms with Crippen LogP contribution in [-0.4, -0.2) is 34.2 Å². The van der Waals surface area contributed by atoms with E-state index in [0.717, 1.165) is 24.2 Å². The van der Waals surface area contributed by atoms with E-state index in [4.69, 9.17) is 11.6 Å². The Labute approximate surface area is 148 Å². The number of halogens is 1. The van der Waals surface area contributed by atoms with Gasteiger partial charge in [0.25, 0.3) is 0 Å². The van der Waals surface area contributed by atoms with Crippen LogP contribution in [0.4, 0.5) is 0 Å². The summed E-state index contributed by atoms with van der Waals surface area (Å²) in [5.74, 6) is 0. The van der Waals surface area contributed by atoms with Crippen LogP contribution >= 0.6 is 11.6 Å². The van der Waals surface area contributed by atoms with Crippen molar-refractivity contribution in [1.29, 1.82) is 0 Å². The van der Waals surface area contributed by atoms with Crippen molar-refractivity contribution >= 4 is 11.6 Å². The molecule has 2 aromatic carbocycles. The number of likely N-dealkylation sites (tertiary alicyclic amines) is 1. The molecule has 1 fully saturated rings. The summed E-state index contributed by atoms with van der Waals surface area (Å²) in [6, 6.07) is 17.2. The van der Waals surface area contributed by atoms with Crippen molar-refractivity contribution < 1.29 is 10.2 Å². The van der Waals surface area contributed by atoms with E-state index < -0.39 is 11.7 Å². The maximum atomic E-state index is 10.9. The zero-order valence-corrected chi connectivity index (χ0v) is 14.7. The Morgan fingerprint density at radius 1 is 1.00 bits per heavy atom. The highest BCUT2D eigenvalue weighted by atomic mass is 35.5. The van der Waals surface area contributed by atoms with Crippen LogP contribution in [0.3, 0.4) is 0 Å². The number of aliphatic hydroxyl groups excluding tert-OH is 1. The molecule has 0 saturated carbocycles. The van der Waals surface area contributed by atoms with Crippen molar-refractivity contribution in [2.45, 2.75) is 37.5 Å². The van der Waals surface area contributed by atoms with Crippen molar-refractivity contribution in [2.24, 2.45) is 0 Å². The van der Waals surface area contributed by atoms with Crippen LogP contribution in [0.1, 0.15) is 37.0 Å². The maximum absolute atomic E-state index is 10.9. The van der Waals surface area contributed by atoms with E-state index in [9.17, 15) is 10.2 Å². The molecule has 0 aromatic heterocycles. The first kappa shape index (κ1) is 17.4. The number of aliphatic hydroxyl groups is 2. The Morgan fingerprint density at radius 3 is 2.17 bits per heavy atom. The first-order valence-corrected chi connectivity index (χ1v) is 8.83. The minimum Gasteiger partial charge on any atom is -0.387 e. The topological polar surface area (TPSA) is 43.7 Å². The molecule has 3 rings (SSSR count). The molecular formula is C20H24ClNO2. The molecule has 0 aliphatic carbocycles. The van der Waals surface area contributed by atoms with Crippen molar-refractivity contribution in [1.82, 2.24) is 4.90 Å². The van der Waals surface area contributed by atoms with Crippen LogP contribution in [0.15, 0.2) is 54.6 Å². The predicted molar refractivity (Wildman–Crippen MR) is 97.0 cm³/mol. The Hall–Kier alpha value is -1.39. The number of nitrogens with zero attached hydrogens (tertiary/aromatic N) is 1. The fourth-order valence-corrected chi connectivity index (χ4v) is 3.60. The van der Waals surface area contributed by atoms with E-state index in [1.807, 2.05) is 49.4 Å². The van der Waals surface area contributed by atoms with Crippen molar-refractivity contribution in [3.63, 3.8) is 0 Å². The third-order valence-electron chi connectivity index (χ3n) is 5.18. The van der Waals surface area contributed by atoms with Gasteiger partial charge >= 0.3 is 0 Å². The first-order valence-electron chi connectivity index (χ1n) is 8.45. The molecule has 1 heterocycles. The molecule has 2 atom stereocenters. The van der Waals surface area contributed by atoms with Crippen LogP contribution in [0, 0.1) is 0 Å². The van der Waals surface area contributed by atoms with Crippen LogP contribution in [0.2, 0.25) is 5.02 Å². The molecule has 24 heavy (non-hydrogen) atoms. The fraction of sp³-hybridized carbons (Fsp3) is 0.400. The van der Waals surface area contributed by atoms with Gasteiger partial charge in [0.1, 0.15) is 0 Å². The lowest BCUT2D eigenvalue weighted by atomic mass is 9.83. The zero-order valence-electron chi connectivity index (χ0n) is 13.9. The van der Waals surface area contributed by atoms with Gasteiger partial charge in [0, 0.05) is 24.2 Å². The van der Waals surface area contributed by atoms with Crippen molar-refractivity contribution in [3.8, 4) is 0 Å². The van der Waals surface area contributed by atoms with Gasteiger partial charge < -0.3 is 10.2 Å².